The minimum atomic E-state index is 0.595. The molecule has 11 heavy (non-hydrogen) atoms. The van der Waals surface area contributed by atoms with E-state index in [0.29, 0.717) is 6.04 Å². The van der Waals surface area contributed by atoms with E-state index in [1.54, 1.807) is 0 Å². The maximum absolute atomic E-state index is 5.45. The van der Waals surface area contributed by atoms with Crippen LogP contribution in [-0.2, 0) is 0 Å². The Morgan fingerprint density at radius 1 is 1.36 bits per heavy atom. The minimum absolute atomic E-state index is 0.595. The van der Waals surface area contributed by atoms with E-state index in [9.17, 15) is 0 Å². The molecule has 1 unspecified atom stereocenters. The third kappa shape index (κ3) is 3.21. The maximum atomic E-state index is 5.45. The van der Waals surface area contributed by atoms with Crippen LogP contribution in [0.3, 0.4) is 0 Å². The molecule has 2 heteroatoms. The largest absolute Gasteiger partial charge is 0.271 e. The molecule has 1 atom stereocenters. The molecule has 0 aromatic heterocycles. The molecule has 0 amide bonds. The first-order chi connectivity index (χ1) is 5.24. The number of nitrogens with one attached hydrogen (secondary N) is 1. The summed E-state index contributed by atoms with van der Waals surface area (Å²) in [7, 11) is 0. The summed E-state index contributed by atoms with van der Waals surface area (Å²) in [5.74, 6) is 7.15. The normalized spacial score (nSPS) is 20.7. The van der Waals surface area contributed by atoms with Crippen molar-refractivity contribution in [3.63, 3.8) is 0 Å². The van der Waals surface area contributed by atoms with Crippen molar-refractivity contribution in [1.82, 2.24) is 5.43 Å². The van der Waals surface area contributed by atoms with Gasteiger partial charge in [0, 0.05) is 6.04 Å². The fourth-order valence-electron chi connectivity index (χ4n) is 1.47. The summed E-state index contributed by atoms with van der Waals surface area (Å²) >= 11 is 0. The average Bonchev–Trinajstić information content (AvgIpc) is 2.72. The van der Waals surface area contributed by atoms with Crippen LogP contribution in [-0.4, -0.2) is 6.04 Å². The molecule has 0 heterocycles. The molecule has 0 radical (unpaired) electrons. The van der Waals surface area contributed by atoms with Crippen molar-refractivity contribution in [3.05, 3.63) is 0 Å². The maximum Gasteiger partial charge on any atom is 0.0238 e. The Balaban J connectivity index is 2.10. The molecule has 1 saturated carbocycles. The van der Waals surface area contributed by atoms with Crippen molar-refractivity contribution in [2.45, 2.75) is 45.6 Å². The molecule has 1 aliphatic carbocycles. The summed E-state index contributed by atoms with van der Waals surface area (Å²) in [5.41, 5.74) is 2.92. The molecule has 0 saturated heterocycles. The van der Waals surface area contributed by atoms with Crippen molar-refractivity contribution < 1.29 is 0 Å². The highest BCUT2D eigenvalue weighted by Crippen LogP contribution is 2.34. The first kappa shape index (κ1) is 9.01. The molecule has 0 aromatic carbocycles. The van der Waals surface area contributed by atoms with Gasteiger partial charge in [-0.2, -0.15) is 0 Å². The minimum Gasteiger partial charge on any atom is -0.271 e. The summed E-state index contributed by atoms with van der Waals surface area (Å²) in [6, 6.07) is 0.595. The molecule has 1 aliphatic rings. The van der Waals surface area contributed by atoms with E-state index >= 15 is 0 Å². The predicted molar refractivity (Wildman–Crippen MR) is 47.9 cm³/mol. The molecule has 3 N–H and O–H groups in total. The highest BCUT2D eigenvalue weighted by atomic mass is 15.2. The molecule has 0 bridgehead atoms. The van der Waals surface area contributed by atoms with Crippen LogP contribution in [0.2, 0.25) is 0 Å². The van der Waals surface area contributed by atoms with Gasteiger partial charge in [-0.25, -0.2) is 0 Å². The van der Waals surface area contributed by atoms with Gasteiger partial charge in [0.15, 0.2) is 0 Å². The van der Waals surface area contributed by atoms with Crippen LogP contribution < -0.4 is 11.3 Å². The molecular formula is C9H20N2. The van der Waals surface area contributed by atoms with Crippen molar-refractivity contribution >= 4 is 0 Å². The second kappa shape index (κ2) is 4.07. The molecule has 2 nitrogen and oxygen atoms in total. The van der Waals surface area contributed by atoms with Gasteiger partial charge in [-0.3, -0.25) is 11.3 Å². The summed E-state index contributed by atoms with van der Waals surface area (Å²) in [6.45, 7) is 4.53. The lowest BCUT2D eigenvalue weighted by Crippen LogP contribution is -2.36. The van der Waals surface area contributed by atoms with E-state index in [0.717, 1.165) is 11.8 Å². The Bertz CT molecular complexity index is 108. The summed E-state index contributed by atoms with van der Waals surface area (Å²) in [6.07, 6.45) is 5.31. The lowest BCUT2D eigenvalue weighted by atomic mass is 10.0. The zero-order valence-electron chi connectivity index (χ0n) is 7.64. The number of hydrazine groups is 1. The second-order valence-electron chi connectivity index (χ2n) is 4.08. The number of hydrogen-bond donors (Lipinski definition) is 2. The molecular weight excluding hydrogens is 136 g/mol. The fraction of sp³-hybridized carbons (Fsp3) is 1.00. The zero-order chi connectivity index (χ0) is 8.27. The van der Waals surface area contributed by atoms with Gasteiger partial charge >= 0.3 is 0 Å². The molecule has 0 aromatic rings. The van der Waals surface area contributed by atoms with E-state index in [-0.39, 0.29) is 0 Å². The third-order valence-electron chi connectivity index (χ3n) is 2.46. The Morgan fingerprint density at radius 3 is 2.36 bits per heavy atom. The van der Waals surface area contributed by atoms with Crippen LogP contribution in [0.1, 0.15) is 39.5 Å². The molecule has 1 fully saturated rings. The second-order valence-corrected chi connectivity index (χ2v) is 4.08. The summed E-state index contributed by atoms with van der Waals surface area (Å²) in [5, 5.41) is 0. The smallest absolute Gasteiger partial charge is 0.0238 e. The molecule has 0 spiro atoms. The lowest BCUT2D eigenvalue weighted by Gasteiger charge is -2.15. The van der Waals surface area contributed by atoms with Gasteiger partial charge in [0.25, 0.3) is 0 Å². The molecule has 1 rings (SSSR count). The Hall–Kier alpha value is -0.0800. The summed E-state index contributed by atoms with van der Waals surface area (Å²) in [4.78, 5) is 0. The number of nitrogens with two attached hydrogens (primary N) is 1. The van der Waals surface area contributed by atoms with Crippen LogP contribution in [0.25, 0.3) is 0 Å². The quantitative estimate of drug-likeness (QED) is 0.469. The van der Waals surface area contributed by atoms with Crippen LogP contribution in [0.15, 0.2) is 0 Å². The fourth-order valence-corrected chi connectivity index (χ4v) is 1.47. The van der Waals surface area contributed by atoms with Crippen molar-refractivity contribution in [2.75, 3.05) is 0 Å². The first-order valence-corrected chi connectivity index (χ1v) is 4.70. The average molecular weight is 156 g/mol. The number of rotatable bonds is 5. The lowest BCUT2D eigenvalue weighted by molar-refractivity contribution is 0.402. The van der Waals surface area contributed by atoms with Gasteiger partial charge in [0.05, 0.1) is 0 Å². The summed E-state index contributed by atoms with van der Waals surface area (Å²) < 4.78 is 0. The predicted octanol–water partition coefficient (Wildman–Crippen LogP) is 1.66. The molecule has 66 valence electrons. The Morgan fingerprint density at radius 2 is 2.00 bits per heavy atom. The van der Waals surface area contributed by atoms with Crippen molar-refractivity contribution in [2.24, 2.45) is 17.7 Å². The Labute approximate surface area is 69.5 Å². The van der Waals surface area contributed by atoms with Crippen molar-refractivity contribution in [1.29, 1.82) is 0 Å². The van der Waals surface area contributed by atoms with Crippen LogP contribution in [0.5, 0.6) is 0 Å². The van der Waals surface area contributed by atoms with E-state index in [2.05, 4.69) is 19.3 Å². The monoisotopic (exact) mass is 156 g/mol. The highest BCUT2D eigenvalue weighted by Gasteiger charge is 2.29. The molecule has 0 aliphatic heterocycles. The van der Waals surface area contributed by atoms with Gasteiger partial charge in [-0.1, -0.05) is 13.8 Å². The van der Waals surface area contributed by atoms with Gasteiger partial charge in [-0.05, 0) is 37.5 Å². The first-order valence-electron chi connectivity index (χ1n) is 4.70. The third-order valence-corrected chi connectivity index (χ3v) is 2.46. The van der Waals surface area contributed by atoms with E-state index in [4.69, 9.17) is 5.84 Å². The highest BCUT2D eigenvalue weighted by molar-refractivity contribution is 4.84. The van der Waals surface area contributed by atoms with Crippen LogP contribution in [0, 0.1) is 11.8 Å². The van der Waals surface area contributed by atoms with Gasteiger partial charge in [0.1, 0.15) is 0 Å². The SMILES string of the molecule is CC(C)CCC(NN)C1CC1. The standard InChI is InChI=1S/C9H20N2/c1-7(2)3-6-9(11-10)8-4-5-8/h7-9,11H,3-6,10H2,1-2H3. The topological polar surface area (TPSA) is 38.0 Å². The van der Waals surface area contributed by atoms with Gasteiger partial charge in [0.2, 0.25) is 0 Å². The van der Waals surface area contributed by atoms with Gasteiger partial charge in [-0.15, -0.1) is 0 Å². The van der Waals surface area contributed by atoms with E-state index in [1.807, 2.05) is 0 Å². The van der Waals surface area contributed by atoms with E-state index < -0.39 is 0 Å². The van der Waals surface area contributed by atoms with Crippen LogP contribution in [0.4, 0.5) is 0 Å². The van der Waals surface area contributed by atoms with Crippen LogP contribution >= 0.6 is 0 Å². The van der Waals surface area contributed by atoms with Gasteiger partial charge < -0.3 is 0 Å². The van der Waals surface area contributed by atoms with Crippen molar-refractivity contribution in [3.8, 4) is 0 Å². The van der Waals surface area contributed by atoms with E-state index in [1.165, 1.54) is 25.7 Å². The zero-order valence-corrected chi connectivity index (χ0v) is 7.64. The Kier molecular flexibility index (Phi) is 3.34. The number of hydrogen-bond acceptors (Lipinski definition) is 2.